The summed E-state index contributed by atoms with van der Waals surface area (Å²) in [5.41, 5.74) is 2.95. The molecule has 0 saturated carbocycles. The number of nitrogens with zero attached hydrogens (tertiary/aromatic N) is 5. The minimum absolute atomic E-state index is 0.412. The Morgan fingerprint density at radius 3 is 2.30 bits per heavy atom. The third kappa shape index (κ3) is 5.01. The summed E-state index contributed by atoms with van der Waals surface area (Å²) < 4.78 is 7.37. The van der Waals surface area contributed by atoms with Gasteiger partial charge in [-0.1, -0.05) is 37.4 Å². The lowest BCUT2D eigenvalue weighted by molar-refractivity contribution is 0.414. The highest BCUT2D eigenvalue weighted by molar-refractivity contribution is 7.99. The van der Waals surface area contributed by atoms with Gasteiger partial charge >= 0.3 is 0 Å². The number of aromatic nitrogens is 5. The lowest BCUT2D eigenvalue weighted by atomic mass is 10.3. The van der Waals surface area contributed by atoms with Crippen molar-refractivity contribution in [3.8, 4) is 11.4 Å². The van der Waals surface area contributed by atoms with E-state index in [-0.39, 0.29) is 0 Å². The van der Waals surface area contributed by atoms with Crippen molar-refractivity contribution in [1.29, 1.82) is 0 Å². The van der Waals surface area contributed by atoms with E-state index < -0.39 is 0 Å². The third-order valence-electron chi connectivity index (χ3n) is 3.66. The molecule has 0 spiro atoms. The highest BCUT2D eigenvalue weighted by Crippen LogP contribution is 2.29. The Kier molecular flexibility index (Phi) is 6.38. The summed E-state index contributed by atoms with van der Waals surface area (Å²) in [5, 5.41) is 10.9. The van der Waals surface area contributed by atoms with Crippen LogP contribution in [0.2, 0.25) is 0 Å². The molecule has 2 aromatic heterocycles. The number of ether oxygens (including phenoxy) is 1. The second-order valence-corrected chi connectivity index (χ2v) is 8.81. The highest BCUT2D eigenvalue weighted by atomic mass is 32.2. The Morgan fingerprint density at radius 1 is 1.04 bits per heavy atom. The Balaban J connectivity index is 1.90. The van der Waals surface area contributed by atoms with Crippen LogP contribution in [0.1, 0.15) is 31.1 Å². The van der Waals surface area contributed by atoms with Gasteiger partial charge in [-0.3, -0.25) is 4.57 Å². The van der Waals surface area contributed by atoms with Crippen LogP contribution in [0.4, 0.5) is 0 Å². The maximum atomic E-state index is 5.27. The van der Waals surface area contributed by atoms with E-state index in [0.717, 1.165) is 39.0 Å². The van der Waals surface area contributed by atoms with Gasteiger partial charge in [-0.2, -0.15) is 0 Å². The van der Waals surface area contributed by atoms with E-state index in [1.54, 1.807) is 30.6 Å². The molecule has 0 saturated heterocycles. The Hall–Kier alpha value is -2.06. The quantitative estimate of drug-likeness (QED) is 0.427. The standard InChI is InChI=1S/C19H23N5OS2/c1-12(2)27-19-23-22-17(11-26-18-20-13(3)10-14(4)21-18)24(19)15-6-8-16(25-5)9-7-15/h6-10,12H,11H2,1-5H3. The molecule has 27 heavy (non-hydrogen) atoms. The first kappa shape index (κ1) is 19.7. The molecule has 0 radical (unpaired) electrons. The Bertz CT molecular complexity index is 889. The molecular formula is C19H23N5OS2. The summed E-state index contributed by atoms with van der Waals surface area (Å²) in [6, 6.07) is 9.91. The molecule has 0 aliphatic heterocycles. The van der Waals surface area contributed by atoms with Crippen molar-refractivity contribution < 1.29 is 4.74 Å². The zero-order valence-corrected chi connectivity index (χ0v) is 17.8. The summed E-state index contributed by atoms with van der Waals surface area (Å²) >= 11 is 3.27. The zero-order valence-electron chi connectivity index (χ0n) is 16.1. The van der Waals surface area contributed by atoms with Crippen molar-refractivity contribution in [2.75, 3.05) is 7.11 Å². The predicted octanol–water partition coefficient (Wildman–Crippen LogP) is 4.48. The van der Waals surface area contributed by atoms with Gasteiger partial charge in [-0.05, 0) is 44.2 Å². The minimum Gasteiger partial charge on any atom is -0.497 e. The van der Waals surface area contributed by atoms with Crippen LogP contribution in [0.25, 0.3) is 5.69 Å². The van der Waals surface area contributed by atoms with Crippen LogP contribution in [0.15, 0.2) is 40.6 Å². The van der Waals surface area contributed by atoms with Crippen LogP contribution in [0.5, 0.6) is 5.75 Å². The number of benzene rings is 1. The van der Waals surface area contributed by atoms with E-state index in [4.69, 9.17) is 4.74 Å². The Labute approximate surface area is 168 Å². The molecule has 8 heteroatoms. The lowest BCUT2D eigenvalue weighted by Gasteiger charge is -2.12. The Morgan fingerprint density at radius 2 is 1.70 bits per heavy atom. The second-order valence-electron chi connectivity index (χ2n) is 6.32. The number of hydrogen-bond donors (Lipinski definition) is 0. The van der Waals surface area contributed by atoms with Crippen molar-refractivity contribution in [1.82, 2.24) is 24.7 Å². The average molecular weight is 402 g/mol. The van der Waals surface area contributed by atoms with Crippen LogP contribution < -0.4 is 4.74 Å². The topological polar surface area (TPSA) is 65.7 Å². The van der Waals surface area contributed by atoms with Crippen molar-refractivity contribution >= 4 is 23.5 Å². The molecule has 0 atom stereocenters. The van der Waals surface area contributed by atoms with Crippen LogP contribution in [0, 0.1) is 13.8 Å². The molecule has 6 nitrogen and oxygen atoms in total. The zero-order chi connectivity index (χ0) is 19.4. The van der Waals surface area contributed by atoms with Gasteiger partial charge < -0.3 is 4.74 Å². The first-order valence-corrected chi connectivity index (χ1v) is 10.5. The lowest BCUT2D eigenvalue weighted by Crippen LogP contribution is -2.04. The van der Waals surface area contributed by atoms with Gasteiger partial charge in [0.15, 0.2) is 10.3 Å². The smallest absolute Gasteiger partial charge is 0.196 e. The van der Waals surface area contributed by atoms with E-state index in [0.29, 0.717) is 11.0 Å². The molecule has 1 aromatic carbocycles. The molecule has 0 unspecified atom stereocenters. The SMILES string of the molecule is COc1ccc(-n2c(CSc3nc(C)cc(C)n3)nnc2SC(C)C)cc1. The summed E-state index contributed by atoms with van der Waals surface area (Å²) in [5.74, 6) is 2.33. The van der Waals surface area contributed by atoms with Gasteiger partial charge in [-0.25, -0.2) is 9.97 Å². The molecular weight excluding hydrogens is 378 g/mol. The summed E-state index contributed by atoms with van der Waals surface area (Å²) in [7, 11) is 1.67. The number of thioether (sulfide) groups is 2. The van der Waals surface area contributed by atoms with Crippen molar-refractivity contribution in [2.24, 2.45) is 0 Å². The molecule has 0 aliphatic rings. The molecule has 0 bridgehead atoms. The van der Waals surface area contributed by atoms with E-state index in [9.17, 15) is 0 Å². The first-order valence-electron chi connectivity index (χ1n) is 8.66. The van der Waals surface area contributed by atoms with Gasteiger partial charge in [-0.15, -0.1) is 10.2 Å². The van der Waals surface area contributed by atoms with Gasteiger partial charge in [0.1, 0.15) is 11.6 Å². The summed E-state index contributed by atoms with van der Waals surface area (Å²) in [6.45, 7) is 8.26. The molecule has 3 aromatic rings. The van der Waals surface area contributed by atoms with Gasteiger partial charge in [0.05, 0.1) is 12.9 Å². The second kappa shape index (κ2) is 8.75. The monoisotopic (exact) mass is 401 g/mol. The van der Waals surface area contributed by atoms with Gasteiger partial charge in [0, 0.05) is 22.3 Å². The third-order valence-corrected chi connectivity index (χ3v) is 5.45. The molecule has 142 valence electrons. The van der Waals surface area contributed by atoms with Crippen LogP contribution in [0.3, 0.4) is 0 Å². The largest absolute Gasteiger partial charge is 0.497 e. The number of aryl methyl sites for hydroxylation is 2. The number of hydrogen-bond acceptors (Lipinski definition) is 7. The maximum absolute atomic E-state index is 5.27. The fourth-order valence-electron chi connectivity index (χ4n) is 2.56. The predicted molar refractivity (Wildman–Crippen MR) is 110 cm³/mol. The first-order chi connectivity index (χ1) is 13.0. The fourth-order valence-corrected chi connectivity index (χ4v) is 4.25. The average Bonchev–Trinajstić information content (AvgIpc) is 3.01. The number of methoxy groups -OCH3 is 1. The number of rotatable bonds is 7. The maximum Gasteiger partial charge on any atom is 0.196 e. The summed E-state index contributed by atoms with van der Waals surface area (Å²) in [4.78, 5) is 9.00. The highest BCUT2D eigenvalue weighted by Gasteiger charge is 2.16. The minimum atomic E-state index is 0.412. The molecule has 0 fully saturated rings. The summed E-state index contributed by atoms with van der Waals surface area (Å²) in [6.07, 6.45) is 0. The molecule has 2 heterocycles. The molecule has 0 aliphatic carbocycles. The molecule has 0 amide bonds. The normalized spacial score (nSPS) is 11.2. The van der Waals surface area contributed by atoms with Crippen LogP contribution in [-0.2, 0) is 5.75 Å². The van der Waals surface area contributed by atoms with Crippen LogP contribution in [-0.4, -0.2) is 37.1 Å². The molecule has 0 N–H and O–H groups in total. The van der Waals surface area contributed by atoms with Crippen molar-refractivity contribution in [2.45, 2.75) is 49.0 Å². The van der Waals surface area contributed by atoms with E-state index in [2.05, 4.69) is 38.6 Å². The van der Waals surface area contributed by atoms with Crippen LogP contribution >= 0.6 is 23.5 Å². The van der Waals surface area contributed by atoms with E-state index in [1.807, 2.05) is 44.2 Å². The van der Waals surface area contributed by atoms with Gasteiger partial charge in [0.25, 0.3) is 0 Å². The molecule has 3 rings (SSSR count). The van der Waals surface area contributed by atoms with Crippen molar-refractivity contribution in [3.63, 3.8) is 0 Å². The van der Waals surface area contributed by atoms with Crippen molar-refractivity contribution in [3.05, 3.63) is 47.5 Å². The fraction of sp³-hybridized carbons (Fsp3) is 0.368. The van der Waals surface area contributed by atoms with E-state index >= 15 is 0 Å². The van der Waals surface area contributed by atoms with E-state index in [1.165, 1.54) is 0 Å². The van der Waals surface area contributed by atoms with Gasteiger partial charge in [0.2, 0.25) is 0 Å².